The van der Waals surface area contributed by atoms with Crippen LogP contribution in [0, 0.1) is 0 Å². The van der Waals surface area contributed by atoms with Gasteiger partial charge in [0.05, 0.1) is 5.54 Å². The first-order chi connectivity index (χ1) is 9.20. The van der Waals surface area contributed by atoms with E-state index in [1.807, 2.05) is 0 Å². The van der Waals surface area contributed by atoms with Crippen LogP contribution in [0.25, 0.3) is 10.9 Å². The molecular formula is C14H17N3O3. The van der Waals surface area contributed by atoms with Gasteiger partial charge in [0.2, 0.25) is 5.91 Å². The number of nitrogens with one attached hydrogen (secondary N) is 1. The molecule has 2 aromatic rings. The number of nitrogens with two attached hydrogens (primary N) is 1. The number of hydrogen-bond donors (Lipinski definition) is 3. The number of carboxylic acid groups (broad SMARTS) is 1. The highest BCUT2D eigenvalue weighted by Gasteiger charge is 2.22. The summed E-state index contributed by atoms with van der Waals surface area (Å²) in [5.74, 6) is -1.29. The number of carbonyl (C=O) groups excluding carboxylic acids is 1. The number of aryl methyl sites for hydroxylation is 1. The molecule has 106 valence electrons. The van der Waals surface area contributed by atoms with E-state index in [0.29, 0.717) is 5.69 Å². The molecule has 0 aliphatic heterocycles. The summed E-state index contributed by atoms with van der Waals surface area (Å²) >= 11 is 0. The highest BCUT2D eigenvalue weighted by Crippen LogP contribution is 2.23. The quantitative estimate of drug-likeness (QED) is 0.791. The highest BCUT2D eigenvalue weighted by molar-refractivity contribution is 6.00. The lowest BCUT2D eigenvalue weighted by Crippen LogP contribution is -2.45. The summed E-state index contributed by atoms with van der Waals surface area (Å²) in [5, 5.41) is 12.5. The molecule has 1 aromatic carbocycles. The van der Waals surface area contributed by atoms with Crippen molar-refractivity contribution >= 4 is 28.5 Å². The van der Waals surface area contributed by atoms with Crippen LogP contribution >= 0.6 is 0 Å². The second kappa shape index (κ2) is 4.64. The maximum absolute atomic E-state index is 11.8. The number of rotatable bonds is 3. The van der Waals surface area contributed by atoms with E-state index in [1.165, 1.54) is 0 Å². The molecule has 0 bridgehead atoms. The molecule has 0 saturated heterocycles. The molecule has 0 fully saturated rings. The number of benzene rings is 1. The summed E-state index contributed by atoms with van der Waals surface area (Å²) in [4.78, 5) is 22.9. The van der Waals surface area contributed by atoms with Crippen molar-refractivity contribution in [1.29, 1.82) is 0 Å². The van der Waals surface area contributed by atoms with E-state index in [4.69, 9.17) is 10.8 Å². The summed E-state index contributed by atoms with van der Waals surface area (Å²) in [6.45, 7) is 3.23. The first-order valence-electron chi connectivity index (χ1n) is 6.13. The monoisotopic (exact) mass is 275 g/mol. The Hall–Kier alpha value is -2.34. The van der Waals surface area contributed by atoms with Crippen molar-refractivity contribution in [1.82, 2.24) is 4.57 Å². The Bertz CT molecular complexity index is 695. The lowest BCUT2D eigenvalue weighted by atomic mass is 10.1. The van der Waals surface area contributed by atoms with Crippen LogP contribution in [-0.2, 0) is 11.8 Å². The van der Waals surface area contributed by atoms with Crippen LogP contribution in [0.5, 0.6) is 0 Å². The van der Waals surface area contributed by atoms with Crippen molar-refractivity contribution < 1.29 is 14.7 Å². The second-order valence-corrected chi connectivity index (χ2v) is 5.34. The van der Waals surface area contributed by atoms with Gasteiger partial charge in [0.1, 0.15) is 5.69 Å². The van der Waals surface area contributed by atoms with Crippen molar-refractivity contribution in [3.8, 4) is 0 Å². The van der Waals surface area contributed by atoms with E-state index in [1.54, 1.807) is 49.7 Å². The van der Waals surface area contributed by atoms with Gasteiger partial charge in [0.15, 0.2) is 0 Å². The number of anilines is 1. The first-order valence-corrected chi connectivity index (χ1v) is 6.13. The van der Waals surface area contributed by atoms with Crippen molar-refractivity contribution in [2.75, 3.05) is 5.32 Å². The minimum absolute atomic E-state index is 0.197. The molecule has 20 heavy (non-hydrogen) atoms. The summed E-state index contributed by atoms with van der Waals surface area (Å²) in [6, 6.07) is 6.78. The minimum Gasteiger partial charge on any atom is -0.477 e. The zero-order valence-electron chi connectivity index (χ0n) is 11.6. The molecule has 1 aromatic heterocycles. The first kappa shape index (κ1) is 14.1. The molecule has 0 saturated carbocycles. The van der Waals surface area contributed by atoms with Crippen molar-refractivity contribution in [3.63, 3.8) is 0 Å². The van der Waals surface area contributed by atoms with Crippen LogP contribution in [-0.4, -0.2) is 27.1 Å². The largest absolute Gasteiger partial charge is 0.477 e. The molecule has 0 aliphatic carbocycles. The molecule has 4 N–H and O–H groups in total. The van der Waals surface area contributed by atoms with Crippen LogP contribution in [0.1, 0.15) is 24.3 Å². The standard InChI is InChI=1S/C14H17N3O3/c1-14(2,15)13(20)16-9-4-5-10-8(6-9)7-11(12(18)19)17(10)3/h4-7H,15H2,1-3H3,(H,16,20)(H,18,19). The number of aromatic carboxylic acids is 1. The topological polar surface area (TPSA) is 97.4 Å². The smallest absolute Gasteiger partial charge is 0.352 e. The number of amides is 1. The predicted octanol–water partition coefficient (Wildman–Crippen LogP) is 1.55. The summed E-state index contributed by atoms with van der Waals surface area (Å²) in [5.41, 5.74) is 6.31. The van der Waals surface area contributed by atoms with Crippen LogP contribution in [0.4, 0.5) is 5.69 Å². The summed E-state index contributed by atoms with van der Waals surface area (Å²) < 4.78 is 1.59. The zero-order chi connectivity index (χ0) is 15.1. The molecule has 6 heteroatoms. The van der Waals surface area contributed by atoms with E-state index in [9.17, 15) is 9.59 Å². The number of aromatic nitrogens is 1. The van der Waals surface area contributed by atoms with Crippen molar-refractivity contribution in [2.24, 2.45) is 12.8 Å². The molecular weight excluding hydrogens is 258 g/mol. The van der Waals surface area contributed by atoms with Gasteiger partial charge < -0.3 is 20.7 Å². The fourth-order valence-corrected chi connectivity index (χ4v) is 1.92. The van der Waals surface area contributed by atoms with Gasteiger partial charge in [-0.15, -0.1) is 0 Å². The summed E-state index contributed by atoms with van der Waals surface area (Å²) in [7, 11) is 1.69. The number of nitrogens with zero attached hydrogens (tertiary/aromatic N) is 1. The normalized spacial score (nSPS) is 11.6. The molecule has 0 radical (unpaired) electrons. The Kier molecular flexibility index (Phi) is 3.27. The Balaban J connectivity index is 2.40. The lowest BCUT2D eigenvalue weighted by molar-refractivity contribution is -0.120. The zero-order valence-corrected chi connectivity index (χ0v) is 11.6. The molecule has 0 spiro atoms. The van der Waals surface area contributed by atoms with Crippen molar-refractivity contribution in [2.45, 2.75) is 19.4 Å². The van der Waals surface area contributed by atoms with E-state index in [2.05, 4.69) is 5.32 Å². The van der Waals surface area contributed by atoms with E-state index < -0.39 is 11.5 Å². The molecule has 0 atom stereocenters. The Morgan fingerprint density at radius 3 is 2.50 bits per heavy atom. The Labute approximate surface area is 116 Å². The molecule has 6 nitrogen and oxygen atoms in total. The lowest BCUT2D eigenvalue weighted by Gasteiger charge is -2.17. The fourth-order valence-electron chi connectivity index (χ4n) is 1.92. The predicted molar refractivity (Wildman–Crippen MR) is 76.8 cm³/mol. The SMILES string of the molecule is Cn1c(C(=O)O)cc2cc(NC(=O)C(C)(C)N)ccc21. The average Bonchev–Trinajstić information content (AvgIpc) is 2.65. The van der Waals surface area contributed by atoms with Gasteiger partial charge in [-0.2, -0.15) is 0 Å². The van der Waals surface area contributed by atoms with Gasteiger partial charge in [0, 0.05) is 23.6 Å². The highest BCUT2D eigenvalue weighted by atomic mass is 16.4. The van der Waals surface area contributed by atoms with Gasteiger partial charge >= 0.3 is 5.97 Å². The average molecular weight is 275 g/mol. The second-order valence-electron chi connectivity index (χ2n) is 5.34. The van der Waals surface area contributed by atoms with Crippen LogP contribution < -0.4 is 11.1 Å². The van der Waals surface area contributed by atoms with Crippen LogP contribution in [0.3, 0.4) is 0 Å². The number of fused-ring (bicyclic) bond motifs is 1. The molecule has 0 unspecified atom stereocenters. The third-order valence-corrected chi connectivity index (χ3v) is 3.10. The maximum Gasteiger partial charge on any atom is 0.352 e. The van der Waals surface area contributed by atoms with Crippen LogP contribution in [0.2, 0.25) is 0 Å². The molecule has 0 aliphatic rings. The number of carbonyl (C=O) groups is 2. The maximum atomic E-state index is 11.8. The van der Waals surface area contributed by atoms with Gasteiger partial charge in [-0.25, -0.2) is 4.79 Å². The molecule has 1 amide bonds. The third-order valence-electron chi connectivity index (χ3n) is 3.10. The fraction of sp³-hybridized carbons (Fsp3) is 0.286. The Morgan fingerprint density at radius 1 is 1.30 bits per heavy atom. The van der Waals surface area contributed by atoms with E-state index in [-0.39, 0.29) is 11.6 Å². The van der Waals surface area contributed by atoms with Gasteiger partial charge in [-0.3, -0.25) is 4.79 Å². The molecule has 1 heterocycles. The third kappa shape index (κ3) is 2.50. The van der Waals surface area contributed by atoms with Gasteiger partial charge in [-0.05, 0) is 38.1 Å². The summed E-state index contributed by atoms with van der Waals surface area (Å²) in [6.07, 6.45) is 0. The molecule has 2 rings (SSSR count). The van der Waals surface area contributed by atoms with E-state index >= 15 is 0 Å². The minimum atomic E-state index is -0.989. The van der Waals surface area contributed by atoms with E-state index in [0.717, 1.165) is 10.9 Å². The van der Waals surface area contributed by atoms with Crippen molar-refractivity contribution in [3.05, 3.63) is 30.0 Å². The number of carboxylic acids is 1. The Morgan fingerprint density at radius 2 is 1.95 bits per heavy atom. The van der Waals surface area contributed by atoms with Gasteiger partial charge in [0.25, 0.3) is 0 Å². The number of hydrogen-bond acceptors (Lipinski definition) is 3. The van der Waals surface area contributed by atoms with Crippen LogP contribution in [0.15, 0.2) is 24.3 Å². The van der Waals surface area contributed by atoms with Gasteiger partial charge in [-0.1, -0.05) is 0 Å².